The Morgan fingerprint density at radius 2 is 2.00 bits per heavy atom. The van der Waals surface area contributed by atoms with Crippen LogP contribution in [0.2, 0.25) is 0 Å². The smallest absolute Gasteiger partial charge is 0.140 e. The zero-order chi connectivity index (χ0) is 8.81. The van der Waals surface area contributed by atoms with Gasteiger partial charge in [-0.25, -0.2) is 4.39 Å². The van der Waals surface area contributed by atoms with Gasteiger partial charge in [-0.2, -0.15) is 0 Å². The van der Waals surface area contributed by atoms with Crippen molar-refractivity contribution in [3.8, 4) is 0 Å². The minimum absolute atomic E-state index is 0.206. The third-order valence-corrected chi connectivity index (χ3v) is 1.81. The maximum Gasteiger partial charge on any atom is 0.140 e. The predicted molar refractivity (Wildman–Crippen MR) is 48.7 cm³/mol. The highest BCUT2D eigenvalue weighted by molar-refractivity contribution is 5.15. The van der Waals surface area contributed by atoms with Gasteiger partial charge in [0.15, 0.2) is 0 Å². The molecule has 12 heavy (non-hydrogen) atoms. The summed E-state index contributed by atoms with van der Waals surface area (Å²) in [6, 6.07) is 10.3. The van der Waals surface area contributed by atoms with E-state index in [1.165, 1.54) is 5.56 Å². The second-order valence-corrected chi connectivity index (χ2v) is 2.93. The van der Waals surface area contributed by atoms with E-state index in [0.717, 1.165) is 6.42 Å². The lowest BCUT2D eigenvalue weighted by Crippen LogP contribution is -2.26. The fraction of sp³-hybridized carbons (Fsp3) is 0.400. The highest BCUT2D eigenvalue weighted by atomic mass is 19.1. The SMILES string of the molecule is CC(Cc1ccccc1)NCF. The second kappa shape index (κ2) is 4.88. The van der Waals surface area contributed by atoms with Crippen molar-refractivity contribution in [1.29, 1.82) is 0 Å². The number of benzene rings is 1. The minimum Gasteiger partial charge on any atom is -0.288 e. The van der Waals surface area contributed by atoms with Gasteiger partial charge in [-0.1, -0.05) is 30.3 Å². The van der Waals surface area contributed by atoms with Gasteiger partial charge in [0.05, 0.1) is 0 Å². The van der Waals surface area contributed by atoms with E-state index >= 15 is 0 Å². The van der Waals surface area contributed by atoms with Gasteiger partial charge in [0.2, 0.25) is 0 Å². The van der Waals surface area contributed by atoms with Crippen LogP contribution >= 0.6 is 0 Å². The molecule has 1 nitrogen and oxygen atoms in total. The summed E-state index contributed by atoms with van der Waals surface area (Å²) < 4.78 is 11.8. The number of nitrogens with one attached hydrogen (secondary N) is 1. The molecular weight excluding hydrogens is 153 g/mol. The van der Waals surface area contributed by atoms with E-state index in [-0.39, 0.29) is 6.04 Å². The molecule has 0 saturated carbocycles. The van der Waals surface area contributed by atoms with Crippen molar-refractivity contribution in [2.24, 2.45) is 0 Å². The number of rotatable bonds is 4. The van der Waals surface area contributed by atoms with Crippen LogP contribution in [0.5, 0.6) is 0 Å². The molecule has 1 N–H and O–H groups in total. The average Bonchev–Trinajstić information content (AvgIpc) is 2.06. The van der Waals surface area contributed by atoms with Crippen molar-refractivity contribution >= 4 is 0 Å². The molecule has 1 aromatic rings. The summed E-state index contributed by atoms with van der Waals surface area (Å²) in [4.78, 5) is 0. The summed E-state index contributed by atoms with van der Waals surface area (Å²) in [5, 5.41) is 2.73. The molecule has 2 heteroatoms. The summed E-state index contributed by atoms with van der Waals surface area (Å²) in [7, 11) is 0. The Hall–Kier alpha value is -0.890. The highest BCUT2D eigenvalue weighted by Crippen LogP contribution is 2.02. The van der Waals surface area contributed by atoms with Crippen LogP contribution < -0.4 is 5.32 Å². The standard InChI is InChI=1S/C10H14FN/c1-9(12-8-11)7-10-5-3-2-4-6-10/h2-6,9,12H,7-8H2,1H3. The normalized spacial score (nSPS) is 12.8. The topological polar surface area (TPSA) is 12.0 Å². The Morgan fingerprint density at radius 1 is 1.33 bits per heavy atom. The van der Waals surface area contributed by atoms with Gasteiger partial charge in [0.25, 0.3) is 0 Å². The van der Waals surface area contributed by atoms with Crippen molar-refractivity contribution < 1.29 is 4.39 Å². The largest absolute Gasteiger partial charge is 0.288 e. The minimum atomic E-state index is -0.450. The maximum absolute atomic E-state index is 11.8. The van der Waals surface area contributed by atoms with Crippen molar-refractivity contribution in [2.75, 3.05) is 6.80 Å². The molecule has 0 amide bonds. The number of hydrogen-bond acceptors (Lipinski definition) is 1. The lowest BCUT2D eigenvalue weighted by atomic mass is 10.1. The van der Waals surface area contributed by atoms with E-state index < -0.39 is 6.80 Å². The molecule has 0 saturated heterocycles. The first-order valence-corrected chi connectivity index (χ1v) is 4.16. The molecule has 0 aliphatic heterocycles. The second-order valence-electron chi connectivity index (χ2n) is 2.93. The van der Waals surface area contributed by atoms with Crippen LogP contribution in [-0.4, -0.2) is 12.8 Å². The van der Waals surface area contributed by atoms with Gasteiger partial charge in [-0.15, -0.1) is 0 Å². The molecule has 1 unspecified atom stereocenters. The molecule has 1 atom stereocenters. The first-order chi connectivity index (χ1) is 5.83. The summed E-state index contributed by atoms with van der Waals surface area (Å²) in [5.41, 5.74) is 1.24. The summed E-state index contributed by atoms with van der Waals surface area (Å²) in [6.07, 6.45) is 0.880. The van der Waals surface area contributed by atoms with Crippen molar-refractivity contribution in [2.45, 2.75) is 19.4 Å². The molecule has 0 bridgehead atoms. The monoisotopic (exact) mass is 167 g/mol. The van der Waals surface area contributed by atoms with E-state index in [9.17, 15) is 4.39 Å². The van der Waals surface area contributed by atoms with E-state index in [1.807, 2.05) is 25.1 Å². The third kappa shape index (κ3) is 3.01. The predicted octanol–water partition coefficient (Wildman–Crippen LogP) is 2.13. The Kier molecular flexibility index (Phi) is 3.74. The number of halogens is 1. The van der Waals surface area contributed by atoms with Crippen LogP contribution in [0.1, 0.15) is 12.5 Å². The van der Waals surface area contributed by atoms with E-state index in [4.69, 9.17) is 0 Å². The zero-order valence-corrected chi connectivity index (χ0v) is 7.26. The molecule has 1 aromatic carbocycles. The van der Waals surface area contributed by atoms with Crippen LogP contribution in [-0.2, 0) is 6.42 Å². The molecule has 0 aliphatic carbocycles. The molecule has 0 fully saturated rings. The van der Waals surface area contributed by atoms with Gasteiger partial charge in [-0.05, 0) is 18.9 Å². The van der Waals surface area contributed by atoms with E-state index in [2.05, 4.69) is 17.4 Å². The molecule has 66 valence electrons. The van der Waals surface area contributed by atoms with Gasteiger partial charge in [-0.3, -0.25) is 5.32 Å². The first kappa shape index (κ1) is 9.20. The Balaban J connectivity index is 2.41. The van der Waals surface area contributed by atoms with Crippen molar-refractivity contribution in [3.05, 3.63) is 35.9 Å². The van der Waals surface area contributed by atoms with E-state index in [1.54, 1.807) is 0 Å². The average molecular weight is 167 g/mol. The fourth-order valence-electron chi connectivity index (χ4n) is 1.17. The van der Waals surface area contributed by atoms with Crippen LogP contribution in [0.4, 0.5) is 4.39 Å². The lowest BCUT2D eigenvalue weighted by Gasteiger charge is -2.10. The van der Waals surface area contributed by atoms with Gasteiger partial charge >= 0.3 is 0 Å². The van der Waals surface area contributed by atoms with Crippen LogP contribution in [0.25, 0.3) is 0 Å². The lowest BCUT2D eigenvalue weighted by molar-refractivity contribution is 0.386. The highest BCUT2D eigenvalue weighted by Gasteiger charge is 2.00. The van der Waals surface area contributed by atoms with Crippen LogP contribution in [0, 0.1) is 0 Å². The van der Waals surface area contributed by atoms with Crippen molar-refractivity contribution in [3.63, 3.8) is 0 Å². The summed E-state index contributed by atoms with van der Waals surface area (Å²) >= 11 is 0. The van der Waals surface area contributed by atoms with Gasteiger partial charge < -0.3 is 0 Å². The summed E-state index contributed by atoms with van der Waals surface area (Å²) in [5.74, 6) is 0. The zero-order valence-electron chi connectivity index (χ0n) is 7.26. The quantitative estimate of drug-likeness (QED) is 0.677. The van der Waals surface area contributed by atoms with E-state index in [0.29, 0.717) is 0 Å². The fourth-order valence-corrected chi connectivity index (χ4v) is 1.17. The molecular formula is C10H14FN. The molecule has 0 spiro atoms. The van der Waals surface area contributed by atoms with Crippen LogP contribution in [0.3, 0.4) is 0 Å². The first-order valence-electron chi connectivity index (χ1n) is 4.16. The van der Waals surface area contributed by atoms with Crippen LogP contribution in [0.15, 0.2) is 30.3 Å². The van der Waals surface area contributed by atoms with Gasteiger partial charge in [0.1, 0.15) is 6.80 Å². The molecule has 0 aromatic heterocycles. The Bertz CT molecular complexity index is 210. The molecule has 0 heterocycles. The number of hydrogen-bond donors (Lipinski definition) is 1. The molecule has 0 aliphatic rings. The maximum atomic E-state index is 11.8. The number of alkyl halides is 1. The Labute approximate surface area is 72.6 Å². The summed E-state index contributed by atoms with van der Waals surface area (Å²) in [6.45, 7) is 1.53. The third-order valence-electron chi connectivity index (χ3n) is 1.81. The van der Waals surface area contributed by atoms with Crippen molar-refractivity contribution in [1.82, 2.24) is 5.32 Å². The molecule has 0 radical (unpaired) electrons. The Morgan fingerprint density at radius 3 is 2.58 bits per heavy atom. The molecule has 1 rings (SSSR count). The van der Waals surface area contributed by atoms with Gasteiger partial charge in [0, 0.05) is 6.04 Å².